The molecule has 2 atom stereocenters. The molecule has 1 heterocycles. The molecule has 0 radical (unpaired) electrons. The number of carbonyl (C=O) groups is 1. The van der Waals surface area contributed by atoms with E-state index in [2.05, 4.69) is 0 Å². The summed E-state index contributed by atoms with van der Waals surface area (Å²) < 4.78 is 5.48. The molecule has 6 heteroatoms. The second-order valence-electron chi connectivity index (χ2n) is 4.78. The Labute approximate surface area is 111 Å². The molecule has 19 heavy (non-hydrogen) atoms. The highest BCUT2D eigenvalue weighted by Gasteiger charge is 2.27. The summed E-state index contributed by atoms with van der Waals surface area (Å²) in [5, 5.41) is 9.20. The van der Waals surface area contributed by atoms with Gasteiger partial charge in [0.15, 0.2) is 0 Å². The van der Waals surface area contributed by atoms with Gasteiger partial charge in [0.25, 0.3) is 0 Å². The van der Waals surface area contributed by atoms with Gasteiger partial charge in [-0.2, -0.15) is 0 Å². The SMILES string of the molecule is CC1COC(CO)CN1c1cc(C(N)=O)ccc1N. The Kier molecular flexibility index (Phi) is 3.92. The van der Waals surface area contributed by atoms with E-state index < -0.39 is 5.91 Å². The zero-order valence-corrected chi connectivity index (χ0v) is 10.9. The van der Waals surface area contributed by atoms with Crippen molar-refractivity contribution < 1.29 is 14.6 Å². The molecule has 1 amide bonds. The lowest BCUT2D eigenvalue weighted by Gasteiger charge is -2.39. The molecule has 0 aliphatic carbocycles. The van der Waals surface area contributed by atoms with Crippen LogP contribution in [0.1, 0.15) is 17.3 Å². The summed E-state index contributed by atoms with van der Waals surface area (Å²) in [6.07, 6.45) is -0.243. The van der Waals surface area contributed by atoms with Crippen molar-refractivity contribution in [1.29, 1.82) is 0 Å². The fourth-order valence-electron chi connectivity index (χ4n) is 2.21. The zero-order chi connectivity index (χ0) is 14.0. The second kappa shape index (κ2) is 5.46. The molecule has 2 unspecified atom stereocenters. The molecule has 0 aromatic heterocycles. The van der Waals surface area contributed by atoms with Crippen molar-refractivity contribution in [3.8, 4) is 0 Å². The average Bonchev–Trinajstić information content (AvgIpc) is 2.40. The number of hydrogen-bond donors (Lipinski definition) is 3. The fourth-order valence-corrected chi connectivity index (χ4v) is 2.21. The summed E-state index contributed by atoms with van der Waals surface area (Å²) >= 11 is 0. The third-order valence-electron chi connectivity index (χ3n) is 3.33. The van der Waals surface area contributed by atoms with E-state index in [-0.39, 0.29) is 18.8 Å². The number of aliphatic hydroxyl groups is 1. The Morgan fingerprint density at radius 3 is 2.95 bits per heavy atom. The van der Waals surface area contributed by atoms with Crippen LogP contribution in [-0.4, -0.2) is 42.9 Å². The van der Waals surface area contributed by atoms with Crippen molar-refractivity contribution in [3.05, 3.63) is 23.8 Å². The second-order valence-corrected chi connectivity index (χ2v) is 4.78. The van der Waals surface area contributed by atoms with Crippen LogP contribution in [0.3, 0.4) is 0 Å². The van der Waals surface area contributed by atoms with Crippen LogP contribution in [0.2, 0.25) is 0 Å². The van der Waals surface area contributed by atoms with Gasteiger partial charge < -0.3 is 26.2 Å². The maximum Gasteiger partial charge on any atom is 0.248 e. The molecule has 104 valence electrons. The summed E-state index contributed by atoms with van der Waals surface area (Å²) in [6.45, 7) is 3.00. The normalized spacial score (nSPS) is 23.4. The zero-order valence-electron chi connectivity index (χ0n) is 10.9. The van der Waals surface area contributed by atoms with Gasteiger partial charge >= 0.3 is 0 Å². The highest BCUT2D eigenvalue weighted by molar-refractivity contribution is 5.95. The minimum atomic E-state index is -0.485. The lowest BCUT2D eigenvalue weighted by atomic mass is 10.1. The Hall–Kier alpha value is -1.79. The standard InChI is InChI=1S/C13H19N3O3/c1-8-7-19-10(6-17)5-16(8)12-4-9(13(15)18)2-3-11(12)14/h2-4,8,10,17H,5-7,14H2,1H3,(H2,15,18). The van der Waals surface area contributed by atoms with E-state index in [0.29, 0.717) is 24.4 Å². The van der Waals surface area contributed by atoms with Crippen molar-refractivity contribution in [1.82, 2.24) is 0 Å². The highest BCUT2D eigenvalue weighted by Crippen LogP contribution is 2.28. The predicted octanol–water partition coefficient (Wildman–Crippen LogP) is -0.0463. The molecule has 1 saturated heterocycles. The first-order valence-electron chi connectivity index (χ1n) is 6.21. The van der Waals surface area contributed by atoms with Gasteiger partial charge in [-0.3, -0.25) is 4.79 Å². The number of aliphatic hydroxyl groups excluding tert-OH is 1. The summed E-state index contributed by atoms with van der Waals surface area (Å²) in [5.41, 5.74) is 13.0. The molecular formula is C13H19N3O3. The first-order valence-corrected chi connectivity index (χ1v) is 6.21. The van der Waals surface area contributed by atoms with E-state index in [9.17, 15) is 9.90 Å². The first kappa shape index (κ1) is 13.6. The molecule has 1 aromatic carbocycles. The number of benzene rings is 1. The van der Waals surface area contributed by atoms with Crippen LogP contribution < -0.4 is 16.4 Å². The lowest BCUT2D eigenvalue weighted by Crippen LogP contribution is -2.49. The summed E-state index contributed by atoms with van der Waals surface area (Å²) in [4.78, 5) is 13.3. The van der Waals surface area contributed by atoms with E-state index >= 15 is 0 Å². The maximum absolute atomic E-state index is 11.2. The van der Waals surface area contributed by atoms with Crippen LogP contribution in [0, 0.1) is 0 Å². The van der Waals surface area contributed by atoms with Crippen LogP contribution in [0.5, 0.6) is 0 Å². The number of nitrogen functional groups attached to an aromatic ring is 1. The number of carbonyl (C=O) groups excluding carboxylic acids is 1. The average molecular weight is 265 g/mol. The highest BCUT2D eigenvalue weighted by atomic mass is 16.5. The van der Waals surface area contributed by atoms with Crippen molar-refractivity contribution in [3.63, 3.8) is 0 Å². The van der Waals surface area contributed by atoms with Crippen LogP contribution in [0.15, 0.2) is 18.2 Å². The van der Waals surface area contributed by atoms with Crippen LogP contribution in [0.4, 0.5) is 11.4 Å². The minimum Gasteiger partial charge on any atom is -0.397 e. The quantitative estimate of drug-likeness (QED) is 0.665. The van der Waals surface area contributed by atoms with Crippen LogP contribution in [0.25, 0.3) is 0 Å². The third-order valence-corrected chi connectivity index (χ3v) is 3.33. The molecule has 0 bridgehead atoms. The lowest BCUT2D eigenvalue weighted by molar-refractivity contribution is -0.0102. The Morgan fingerprint density at radius 2 is 2.32 bits per heavy atom. The van der Waals surface area contributed by atoms with Crippen LogP contribution in [-0.2, 0) is 4.74 Å². The number of amides is 1. The molecule has 0 spiro atoms. The Balaban J connectivity index is 2.33. The van der Waals surface area contributed by atoms with Crippen molar-refractivity contribution in [2.75, 3.05) is 30.4 Å². The summed E-state index contributed by atoms with van der Waals surface area (Å²) in [5.74, 6) is -0.485. The number of anilines is 2. The van der Waals surface area contributed by atoms with E-state index in [4.69, 9.17) is 16.2 Å². The fraction of sp³-hybridized carbons (Fsp3) is 0.462. The third kappa shape index (κ3) is 2.80. The van der Waals surface area contributed by atoms with Gasteiger partial charge in [-0.1, -0.05) is 0 Å². The van der Waals surface area contributed by atoms with Gasteiger partial charge in [-0.15, -0.1) is 0 Å². The molecule has 1 fully saturated rings. The number of primary amides is 1. The molecule has 5 N–H and O–H groups in total. The van der Waals surface area contributed by atoms with E-state index in [1.54, 1.807) is 18.2 Å². The molecule has 1 aromatic rings. The first-order chi connectivity index (χ1) is 9.02. The topological polar surface area (TPSA) is 102 Å². The monoisotopic (exact) mass is 265 g/mol. The number of hydrogen-bond acceptors (Lipinski definition) is 5. The minimum absolute atomic E-state index is 0.0430. The smallest absolute Gasteiger partial charge is 0.248 e. The van der Waals surface area contributed by atoms with Gasteiger partial charge in [0, 0.05) is 18.2 Å². The van der Waals surface area contributed by atoms with E-state index in [0.717, 1.165) is 5.69 Å². The van der Waals surface area contributed by atoms with Crippen molar-refractivity contribution in [2.45, 2.75) is 19.1 Å². The maximum atomic E-state index is 11.2. The molecule has 1 aliphatic heterocycles. The summed E-state index contributed by atoms with van der Waals surface area (Å²) in [6, 6.07) is 5.09. The van der Waals surface area contributed by atoms with E-state index in [1.165, 1.54) is 0 Å². The van der Waals surface area contributed by atoms with Gasteiger partial charge in [0.2, 0.25) is 5.91 Å². The van der Waals surface area contributed by atoms with Gasteiger partial charge in [0.1, 0.15) is 0 Å². The predicted molar refractivity (Wildman–Crippen MR) is 73.0 cm³/mol. The van der Waals surface area contributed by atoms with Crippen LogP contribution >= 0.6 is 0 Å². The molecule has 1 aliphatic rings. The summed E-state index contributed by atoms with van der Waals surface area (Å²) in [7, 11) is 0. The van der Waals surface area contributed by atoms with Crippen molar-refractivity contribution >= 4 is 17.3 Å². The van der Waals surface area contributed by atoms with E-state index in [1.807, 2.05) is 11.8 Å². The number of ether oxygens (including phenoxy) is 1. The Bertz CT molecular complexity index is 478. The molecule has 6 nitrogen and oxygen atoms in total. The molecule has 0 saturated carbocycles. The van der Waals surface area contributed by atoms with Gasteiger partial charge in [0.05, 0.1) is 30.7 Å². The number of rotatable bonds is 3. The number of nitrogens with zero attached hydrogens (tertiary/aromatic N) is 1. The molecule has 2 rings (SSSR count). The van der Waals surface area contributed by atoms with Gasteiger partial charge in [-0.25, -0.2) is 0 Å². The van der Waals surface area contributed by atoms with Gasteiger partial charge in [-0.05, 0) is 25.1 Å². The number of nitrogens with two attached hydrogens (primary N) is 2. The molecular weight excluding hydrogens is 246 g/mol. The largest absolute Gasteiger partial charge is 0.397 e. The number of morpholine rings is 1. The van der Waals surface area contributed by atoms with Crippen molar-refractivity contribution in [2.24, 2.45) is 5.73 Å². The Morgan fingerprint density at radius 1 is 1.58 bits per heavy atom.